The Hall–Kier alpha value is -1.76. The van der Waals surface area contributed by atoms with E-state index in [1.807, 2.05) is 6.92 Å². The summed E-state index contributed by atoms with van der Waals surface area (Å²) in [7, 11) is 0. The molecule has 0 bridgehead atoms. The van der Waals surface area contributed by atoms with Gasteiger partial charge in [-0.2, -0.15) is 0 Å². The molecule has 2 aromatic rings. The summed E-state index contributed by atoms with van der Waals surface area (Å²) < 4.78 is 16.6. The van der Waals surface area contributed by atoms with Crippen LogP contribution in [0.15, 0.2) is 26.4 Å². The lowest BCUT2D eigenvalue weighted by atomic mass is 9.75. The fourth-order valence-corrected chi connectivity index (χ4v) is 4.10. The van der Waals surface area contributed by atoms with E-state index < -0.39 is 0 Å². The molecule has 2 heterocycles. The summed E-state index contributed by atoms with van der Waals surface area (Å²) in [6.07, 6.45) is 4.88. The summed E-state index contributed by atoms with van der Waals surface area (Å²) in [6, 6.07) is 1.78. The van der Waals surface area contributed by atoms with Crippen molar-refractivity contribution in [3.8, 4) is 11.5 Å². The minimum absolute atomic E-state index is 0.0127. The molecule has 0 amide bonds. The zero-order valence-electron chi connectivity index (χ0n) is 15.7. The molecule has 1 aliphatic carbocycles. The maximum atomic E-state index is 12.3. The Bertz CT molecular complexity index is 739. The number of thioether (sulfide) groups is 1. The summed E-state index contributed by atoms with van der Waals surface area (Å²) in [5, 5.41) is 8.35. The van der Waals surface area contributed by atoms with E-state index in [0.29, 0.717) is 28.9 Å². The predicted molar refractivity (Wildman–Crippen MR) is 98.7 cm³/mol. The van der Waals surface area contributed by atoms with Gasteiger partial charge in [-0.3, -0.25) is 4.79 Å². The van der Waals surface area contributed by atoms with Crippen LogP contribution < -0.4 is 0 Å². The lowest BCUT2D eigenvalue weighted by Crippen LogP contribution is -2.36. The maximum absolute atomic E-state index is 12.3. The van der Waals surface area contributed by atoms with Crippen molar-refractivity contribution >= 4 is 17.7 Å². The molecule has 7 heteroatoms. The first kappa shape index (κ1) is 19.0. The topological polar surface area (TPSA) is 78.4 Å². The van der Waals surface area contributed by atoms with Crippen LogP contribution in [-0.2, 0) is 9.53 Å². The van der Waals surface area contributed by atoms with Crippen molar-refractivity contribution < 1.29 is 18.4 Å². The van der Waals surface area contributed by atoms with Gasteiger partial charge in [0.1, 0.15) is 17.6 Å². The lowest BCUT2D eigenvalue weighted by Gasteiger charge is -2.36. The smallest absolute Gasteiger partial charge is 0.316 e. The van der Waals surface area contributed by atoms with Gasteiger partial charge in [-0.1, -0.05) is 39.0 Å². The molecule has 3 rings (SSSR count). The highest BCUT2D eigenvalue weighted by molar-refractivity contribution is 7.99. The molecule has 1 saturated carbocycles. The number of aryl methyl sites for hydroxylation is 1. The van der Waals surface area contributed by atoms with Crippen LogP contribution >= 0.6 is 11.8 Å². The minimum Gasteiger partial charge on any atom is -0.469 e. The molecule has 0 N–H and O–H groups in total. The number of furan rings is 1. The van der Waals surface area contributed by atoms with Gasteiger partial charge in [0.25, 0.3) is 11.1 Å². The molecule has 1 aliphatic rings. The highest BCUT2D eigenvalue weighted by Gasteiger charge is 2.33. The first-order valence-electron chi connectivity index (χ1n) is 9.14. The standard InChI is InChI=1S/C19H26N2O4S/c1-11(2)14-6-5-12(3)9-16(14)24-17(22)10-26-19-21-20-18(25-19)15-7-8-23-13(15)4/h7-8,11-12,14,16H,5-6,9-10H2,1-4H3/t12-,14-,16+/m1/s1. The van der Waals surface area contributed by atoms with E-state index in [1.165, 1.54) is 18.2 Å². The number of nitrogens with zero attached hydrogens (tertiary/aromatic N) is 2. The summed E-state index contributed by atoms with van der Waals surface area (Å²) in [6.45, 7) is 8.46. The van der Waals surface area contributed by atoms with Gasteiger partial charge in [0.05, 0.1) is 11.8 Å². The second-order valence-corrected chi connectivity index (χ2v) is 8.33. The fraction of sp³-hybridized carbons (Fsp3) is 0.632. The van der Waals surface area contributed by atoms with Crippen molar-refractivity contribution in [1.82, 2.24) is 10.2 Å². The number of hydrogen-bond donors (Lipinski definition) is 0. The van der Waals surface area contributed by atoms with Gasteiger partial charge < -0.3 is 13.6 Å². The summed E-state index contributed by atoms with van der Waals surface area (Å²) in [5.74, 6) is 2.63. The number of carbonyl (C=O) groups is 1. The molecule has 0 saturated heterocycles. The average Bonchev–Trinajstić information content (AvgIpc) is 3.21. The molecule has 6 nitrogen and oxygen atoms in total. The quantitative estimate of drug-likeness (QED) is 0.531. The van der Waals surface area contributed by atoms with Gasteiger partial charge in [-0.15, -0.1) is 10.2 Å². The van der Waals surface area contributed by atoms with Gasteiger partial charge in [0, 0.05) is 0 Å². The van der Waals surface area contributed by atoms with E-state index in [0.717, 1.165) is 24.2 Å². The van der Waals surface area contributed by atoms with Crippen molar-refractivity contribution in [3.05, 3.63) is 18.1 Å². The molecule has 0 unspecified atom stereocenters. The Kier molecular flexibility index (Phi) is 6.06. The summed E-state index contributed by atoms with van der Waals surface area (Å²) in [5.41, 5.74) is 0.767. The lowest BCUT2D eigenvalue weighted by molar-refractivity contribution is -0.152. The second-order valence-electron chi connectivity index (χ2n) is 7.41. The van der Waals surface area contributed by atoms with Gasteiger partial charge in [-0.05, 0) is 43.6 Å². The van der Waals surface area contributed by atoms with Crippen LogP contribution in [0.3, 0.4) is 0 Å². The van der Waals surface area contributed by atoms with Crippen LogP contribution in [0.1, 0.15) is 45.8 Å². The number of rotatable bonds is 6. The highest BCUT2D eigenvalue weighted by atomic mass is 32.2. The van der Waals surface area contributed by atoms with E-state index >= 15 is 0 Å². The third-order valence-corrected chi connectivity index (χ3v) is 5.85. The van der Waals surface area contributed by atoms with Crippen LogP contribution in [0.5, 0.6) is 0 Å². The van der Waals surface area contributed by atoms with E-state index in [-0.39, 0.29) is 17.8 Å². The monoisotopic (exact) mass is 378 g/mol. The van der Waals surface area contributed by atoms with Crippen molar-refractivity contribution in [2.45, 2.75) is 58.3 Å². The molecule has 3 atom stereocenters. The van der Waals surface area contributed by atoms with Crippen LogP contribution in [0.25, 0.3) is 11.5 Å². The Balaban J connectivity index is 1.54. The molecular formula is C19H26N2O4S. The predicted octanol–water partition coefficient (Wildman–Crippen LogP) is 4.73. The number of aromatic nitrogens is 2. The number of ether oxygens (including phenoxy) is 1. The van der Waals surface area contributed by atoms with E-state index in [2.05, 4.69) is 31.0 Å². The van der Waals surface area contributed by atoms with Crippen LogP contribution in [0, 0.1) is 24.7 Å². The molecule has 26 heavy (non-hydrogen) atoms. The largest absolute Gasteiger partial charge is 0.469 e. The molecule has 0 radical (unpaired) electrons. The van der Waals surface area contributed by atoms with Crippen LogP contribution in [-0.4, -0.2) is 28.0 Å². The van der Waals surface area contributed by atoms with E-state index in [4.69, 9.17) is 13.6 Å². The highest BCUT2D eigenvalue weighted by Crippen LogP contribution is 2.35. The average molecular weight is 378 g/mol. The number of carbonyl (C=O) groups excluding carboxylic acids is 1. The van der Waals surface area contributed by atoms with Gasteiger partial charge in [-0.25, -0.2) is 0 Å². The molecule has 2 aromatic heterocycles. The normalized spacial score (nSPS) is 23.3. The van der Waals surface area contributed by atoms with Crippen LogP contribution in [0.4, 0.5) is 0 Å². The van der Waals surface area contributed by atoms with Gasteiger partial charge in [0.15, 0.2) is 0 Å². The third kappa shape index (κ3) is 4.50. The van der Waals surface area contributed by atoms with E-state index in [9.17, 15) is 4.79 Å². The fourth-order valence-electron chi connectivity index (χ4n) is 3.56. The first-order valence-corrected chi connectivity index (χ1v) is 10.1. The molecule has 1 fully saturated rings. The van der Waals surface area contributed by atoms with Crippen molar-refractivity contribution in [2.75, 3.05) is 5.75 Å². The number of hydrogen-bond acceptors (Lipinski definition) is 7. The SMILES string of the molecule is Cc1occc1-c1nnc(SCC(=O)O[C@H]2C[C@H](C)CC[C@@H]2C(C)C)o1. The van der Waals surface area contributed by atoms with Crippen molar-refractivity contribution in [3.63, 3.8) is 0 Å². The first-order chi connectivity index (χ1) is 12.4. The molecule has 0 aliphatic heterocycles. The Morgan fingerprint density at radius 1 is 1.38 bits per heavy atom. The molecular weight excluding hydrogens is 352 g/mol. The summed E-state index contributed by atoms with van der Waals surface area (Å²) in [4.78, 5) is 12.3. The van der Waals surface area contributed by atoms with E-state index in [1.54, 1.807) is 12.3 Å². The Morgan fingerprint density at radius 2 is 2.19 bits per heavy atom. The zero-order valence-corrected chi connectivity index (χ0v) is 16.5. The molecule has 142 valence electrons. The molecule has 0 aromatic carbocycles. The van der Waals surface area contributed by atoms with Gasteiger partial charge >= 0.3 is 5.97 Å². The zero-order chi connectivity index (χ0) is 18.7. The third-order valence-electron chi connectivity index (χ3n) is 5.05. The Morgan fingerprint density at radius 3 is 2.88 bits per heavy atom. The molecule has 0 spiro atoms. The minimum atomic E-state index is -0.223. The second kappa shape index (κ2) is 8.29. The summed E-state index contributed by atoms with van der Waals surface area (Å²) >= 11 is 1.21. The van der Waals surface area contributed by atoms with Gasteiger partial charge in [0.2, 0.25) is 0 Å². The number of esters is 1. The van der Waals surface area contributed by atoms with Crippen LogP contribution in [0.2, 0.25) is 0 Å². The Labute approximate surface area is 158 Å². The maximum Gasteiger partial charge on any atom is 0.316 e. The van der Waals surface area contributed by atoms with Crippen molar-refractivity contribution in [2.24, 2.45) is 17.8 Å². The van der Waals surface area contributed by atoms with Crippen molar-refractivity contribution in [1.29, 1.82) is 0 Å².